The Bertz CT molecular complexity index is 769. The molecule has 2 amide bonds. The van der Waals surface area contributed by atoms with E-state index in [1.165, 1.54) is 19.3 Å². The van der Waals surface area contributed by atoms with E-state index >= 15 is 0 Å². The Kier molecular flexibility index (Phi) is 7.16. The molecular weight excluding hydrogens is 390 g/mol. The summed E-state index contributed by atoms with van der Waals surface area (Å²) in [6.45, 7) is 5.98. The number of nitrogens with zero attached hydrogens (tertiary/aromatic N) is 3. The lowest BCUT2D eigenvalue weighted by atomic mass is 9.92. The monoisotopic (exact) mass is 427 g/mol. The van der Waals surface area contributed by atoms with Crippen LogP contribution in [0.1, 0.15) is 62.2 Å². The molecule has 1 aromatic rings. The zero-order chi connectivity index (χ0) is 21.8. The Hall–Kier alpha value is -2.08. The van der Waals surface area contributed by atoms with Gasteiger partial charge in [0.15, 0.2) is 0 Å². The van der Waals surface area contributed by atoms with E-state index in [9.17, 15) is 9.59 Å². The summed E-state index contributed by atoms with van der Waals surface area (Å²) in [4.78, 5) is 33.2. The lowest BCUT2D eigenvalue weighted by molar-refractivity contribution is -0.143. The number of ether oxygens (including phenoxy) is 1. The molecule has 2 saturated heterocycles. The van der Waals surface area contributed by atoms with Crippen molar-refractivity contribution in [2.45, 2.75) is 64.0 Å². The molecule has 3 fully saturated rings. The molecule has 1 aliphatic carbocycles. The highest BCUT2D eigenvalue weighted by atomic mass is 16.5. The van der Waals surface area contributed by atoms with Gasteiger partial charge in [-0.1, -0.05) is 18.9 Å². The number of carbonyl (C=O) groups is 2. The molecule has 0 aromatic heterocycles. The molecular formula is C25H37N3O3. The molecule has 1 saturated carbocycles. The van der Waals surface area contributed by atoms with Crippen molar-refractivity contribution in [3.8, 4) is 5.75 Å². The number of piperazine rings is 1. The smallest absolute Gasteiger partial charge is 0.254 e. The van der Waals surface area contributed by atoms with Gasteiger partial charge < -0.3 is 14.5 Å². The van der Waals surface area contributed by atoms with Crippen LogP contribution < -0.4 is 4.74 Å². The van der Waals surface area contributed by atoms with Crippen molar-refractivity contribution in [3.63, 3.8) is 0 Å². The molecule has 0 bridgehead atoms. The number of amides is 2. The van der Waals surface area contributed by atoms with E-state index in [1.54, 1.807) is 13.2 Å². The van der Waals surface area contributed by atoms with Crippen LogP contribution in [0.4, 0.5) is 0 Å². The number of piperidine rings is 1. The third-order valence-corrected chi connectivity index (χ3v) is 7.50. The standard InChI is InChI=1S/C25H37N3O3/c1-19-8-5-6-13-28(19)25(30)23(20-9-3-4-10-20)26-14-16-27(17-15-26)24(29)21-11-7-12-22(18-21)31-2/h7,11-12,18-20,23H,3-6,8-10,13-17H2,1-2H3. The second-order valence-corrected chi connectivity index (χ2v) is 9.43. The fraction of sp³-hybridized carbons (Fsp3) is 0.680. The van der Waals surface area contributed by atoms with E-state index in [2.05, 4.69) is 16.7 Å². The van der Waals surface area contributed by atoms with Crippen molar-refractivity contribution in [2.24, 2.45) is 5.92 Å². The molecule has 2 atom stereocenters. The molecule has 4 rings (SSSR count). The number of hydrogen-bond donors (Lipinski definition) is 0. The van der Waals surface area contributed by atoms with Gasteiger partial charge in [0.05, 0.1) is 13.2 Å². The summed E-state index contributed by atoms with van der Waals surface area (Å²) in [6.07, 6.45) is 8.24. The lowest BCUT2D eigenvalue weighted by Gasteiger charge is -2.44. The van der Waals surface area contributed by atoms with Crippen molar-refractivity contribution in [2.75, 3.05) is 39.8 Å². The summed E-state index contributed by atoms with van der Waals surface area (Å²) >= 11 is 0. The molecule has 6 nitrogen and oxygen atoms in total. The number of methoxy groups -OCH3 is 1. The van der Waals surface area contributed by atoms with Gasteiger partial charge >= 0.3 is 0 Å². The minimum Gasteiger partial charge on any atom is -0.497 e. The summed E-state index contributed by atoms with van der Waals surface area (Å²) in [5, 5.41) is 0. The zero-order valence-electron chi connectivity index (χ0n) is 19.1. The fourth-order valence-electron chi connectivity index (χ4n) is 5.67. The van der Waals surface area contributed by atoms with Gasteiger partial charge in [-0.2, -0.15) is 0 Å². The Morgan fingerprint density at radius 3 is 2.35 bits per heavy atom. The van der Waals surface area contributed by atoms with Crippen LogP contribution in [0, 0.1) is 5.92 Å². The van der Waals surface area contributed by atoms with Crippen LogP contribution in [0.3, 0.4) is 0 Å². The largest absolute Gasteiger partial charge is 0.497 e. The number of carbonyl (C=O) groups excluding carboxylic acids is 2. The maximum atomic E-state index is 13.7. The first kappa shape index (κ1) is 22.1. The van der Waals surface area contributed by atoms with Crippen LogP contribution in [-0.4, -0.2) is 78.4 Å². The number of likely N-dealkylation sites (tertiary alicyclic amines) is 1. The highest BCUT2D eigenvalue weighted by molar-refractivity contribution is 5.94. The van der Waals surface area contributed by atoms with Crippen molar-refractivity contribution < 1.29 is 14.3 Å². The average Bonchev–Trinajstić information content (AvgIpc) is 3.34. The summed E-state index contributed by atoms with van der Waals surface area (Å²) in [6, 6.07) is 7.69. The molecule has 6 heteroatoms. The van der Waals surface area contributed by atoms with Crippen LogP contribution in [0.15, 0.2) is 24.3 Å². The fourth-order valence-corrected chi connectivity index (χ4v) is 5.67. The maximum Gasteiger partial charge on any atom is 0.254 e. The average molecular weight is 428 g/mol. The molecule has 2 aliphatic heterocycles. The highest BCUT2D eigenvalue weighted by Gasteiger charge is 2.40. The van der Waals surface area contributed by atoms with E-state index < -0.39 is 0 Å². The molecule has 0 spiro atoms. The van der Waals surface area contributed by atoms with Crippen molar-refractivity contribution >= 4 is 11.8 Å². The van der Waals surface area contributed by atoms with E-state index in [4.69, 9.17) is 4.74 Å². The number of benzene rings is 1. The van der Waals surface area contributed by atoms with E-state index in [1.807, 2.05) is 23.1 Å². The van der Waals surface area contributed by atoms with Gasteiger partial charge in [-0.3, -0.25) is 14.5 Å². The van der Waals surface area contributed by atoms with Crippen LogP contribution in [0.25, 0.3) is 0 Å². The molecule has 31 heavy (non-hydrogen) atoms. The molecule has 3 aliphatic rings. The Morgan fingerprint density at radius 1 is 0.968 bits per heavy atom. The predicted molar refractivity (Wildman–Crippen MR) is 121 cm³/mol. The summed E-state index contributed by atoms with van der Waals surface area (Å²) in [7, 11) is 1.62. The van der Waals surface area contributed by atoms with Gasteiger partial charge in [-0.05, 0) is 63.1 Å². The SMILES string of the molecule is COc1cccc(C(=O)N2CCN(C(C(=O)N3CCCCC3C)C3CCCC3)CC2)c1. The van der Waals surface area contributed by atoms with Gasteiger partial charge in [0.25, 0.3) is 5.91 Å². The highest BCUT2D eigenvalue weighted by Crippen LogP contribution is 2.33. The van der Waals surface area contributed by atoms with Gasteiger partial charge in [0, 0.05) is 44.3 Å². The first-order chi connectivity index (χ1) is 15.1. The third-order valence-electron chi connectivity index (χ3n) is 7.50. The molecule has 170 valence electrons. The van der Waals surface area contributed by atoms with Gasteiger partial charge in [-0.15, -0.1) is 0 Å². The first-order valence-electron chi connectivity index (χ1n) is 12.1. The van der Waals surface area contributed by atoms with Crippen molar-refractivity contribution in [1.82, 2.24) is 14.7 Å². The first-order valence-corrected chi connectivity index (χ1v) is 12.1. The van der Waals surface area contributed by atoms with Gasteiger partial charge in [0.1, 0.15) is 5.75 Å². The molecule has 1 aromatic carbocycles. The van der Waals surface area contributed by atoms with Crippen LogP contribution in [0.2, 0.25) is 0 Å². The topological polar surface area (TPSA) is 53.1 Å². The number of rotatable bonds is 5. The lowest BCUT2D eigenvalue weighted by Crippen LogP contribution is -2.60. The molecule has 0 N–H and O–H groups in total. The van der Waals surface area contributed by atoms with Gasteiger partial charge in [0.2, 0.25) is 5.91 Å². The van der Waals surface area contributed by atoms with E-state index in [-0.39, 0.29) is 11.9 Å². The second-order valence-electron chi connectivity index (χ2n) is 9.43. The Balaban J connectivity index is 1.43. The molecule has 2 unspecified atom stereocenters. The Labute approximate surface area is 186 Å². The Morgan fingerprint density at radius 2 is 1.68 bits per heavy atom. The molecule has 0 radical (unpaired) electrons. The quantitative estimate of drug-likeness (QED) is 0.723. The van der Waals surface area contributed by atoms with E-state index in [0.29, 0.717) is 42.3 Å². The van der Waals surface area contributed by atoms with E-state index in [0.717, 1.165) is 45.3 Å². The van der Waals surface area contributed by atoms with Crippen LogP contribution >= 0.6 is 0 Å². The summed E-state index contributed by atoms with van der Waals surface area (Å²) < 4.78 is 5.27. The summed E-state index contributed by atoms with van der Waals surface area (Å²) in [5.74, 6) is 1.55. The van der Waals surface area contributed by atoms with Crippen LogP contribution in [0.5, 0.6) is 5.75 Å². The normalized spacial score (nSPS) is 24.3. The molecule has 2 heterocycles. The predicted octanol–water partition coefficient (Wildman–Crippen LogP) is 3.41. The minimum atomic E-state index is -0.0166. The van der Waals surface area contributed by atoms with Crippen LogP contribution in [-0.2, 0) is 4.79 Å². The summed E-state index contributed by atoms with van der Waals surface area (Å²) in [5.41, 5.74) is 0.665. The third kappa shape index (κ3) is 4.89. The second kappa shape index (κ2) is 10.0. The minimum absolute atomic E-state index is 0.0166. The van der Waals surface area contributed by atoms with Crippen molar-refractivity contribution in [3.05, 3.63) is 29.8 Å². The zero-order valence-corrected chi connectivity index (χ0v) is 19.1. The number of hydrogen-bond acceptors (Lipinski definition) is 4. The maximum absolute atomic E-state index is 13.7. The van der Waals surface area contributed by atoms with Gasteiger partial charge in [-0.25, -0.2) is 0 Å². The van der Waals surface area contributed by atoms with Crippen molar-refractivity contribution in [1.29, 1.82) is 0 Å².